The van der Waals surface area contributed by atoms with Gasteiger partial charge < -0.3 is 29.9 Å². The number of rotatable bonds is 3. The van der Waals surface area contributed by atoms with E-state index in [4.69, 9.17) is 14.6 Å². The van der Waals surface area contributed by atoms with Crippen LogP contribution < -0.4 is 10.1 Å². The van der Waals surface area contributed by atoms with Gasteiger partial charge in [0.1, 0.15) is 5.75 Å². The monoisotopic (exact) mass is 432 g/mol. The number of hydrogen-bond donors (Lipinski definition) is 3. The van der Waals surface area contributed by atoms with E-state index in [1.807, 2.05) is 18.2 Å². The molecule has 3 heterocycles. The number of nitrogens with one attached hydrogen (secondary N) is 1. The predicted molar refractivity (Wildman–Crippen MR) is 113 cm³/mol. The molecule has 1 saturated heterocycles. The van der Waals surface area contributed by atoms with Crippen molar-refractivity contribution in [3.63, 3.8) is 0 Å². The fourth-order valence-electron chi connectivity index (χ4n) is 5.05. The lowest BCUT2D eigenvalue weighted by Crippen LogP contribution is -2.61. The quantitative estimate of drug-likeness (QED) is 0.656. The summed E-state index contributed by atoms with van der Waals surface area (Å²) in [4.78, 5) is 27.0. The normalized spacial score (nSPS) is 30.0. The number of aliphatic hydroxyl groups is 2. The second kappa shape index (κ2) is 9.97. The number of benzene rings is 1. The molecule has 3 atom stereocenters. The summed E-state index contributed by atoms with van der Waals surface area (Å²) >= 11 is 0. The van der Waals surface area contributed by atoms with Gasteiger partial charge >= 0.3 is 0 Å². The highest BCUT2D eigenvalue weighted by molar-refractivity contribution is 5.81. The van der Waals surface area contributed by atoms with E-state index in [1.165, 1.54) is 0 Å². The van der Waals surface area contributed by atoms with Crippen LogP contribution in [0.5, 0.6) is 5.75 Å². The first-order valence-corrected chi connectivity index (χ1v) is 11.3. The Morgan fingerprint density at radius 3 is 2.74 bits per heavy atom. The van der Waals surface area contributed by atoms with Gasteiger partial charge in [0, 0.05) is 6.54 Å². The van der Waals surface area contributed by atoms with E-state index < -0.39 is 18.6 Å². The third-order valence-electron chi connectivity index (χ3n) is 6.79. The molecule has 3 N–H and O–H groups in total. The highest BCUT2D eigenvalue weighted by Gasteiger charge is 2.37. The van der Waals surface area contributed by atoms with Crippen molar-refractivity contribution < 1.29 is 29.3 Å². The van der Waals surface area contributed by atoms with Crippen molar-refractivity contribution in [3.8, 4) is 5.75 Å². The van der Waals surface area contributed by atoms with Gasteiger partial charge in [-0.25, -0.2) is 0 Å². The molecule has 0 aromatic heterocycles. The molecule has 31 heavy (non-hydrogen) atoms. The van der Waals surface area contributed by atoms with Crippen LogP contribution in [0.1, 0.15) is 50.0 Å². The van der Waals surface area contributed by atoms with Gasteiger partial charge in [-0.3, -0.25) is 9.59 Å². The topological polar surface area (TPSA) is 108 Å². The zero-order valence-electron chi connectivity index (χ0n) is 17.7. The van der Waals surface area contributed by atoms with Gasteiger partial charge in [0.05, 0.1) is 31.4 Å². The van der Waals surface area contributed by atoms with Gasteiger partial charge in [-0.2, -0.15) is 0 Å². The summed E-state index contributed by atoms with van der Waals surface area (Å²) in [5.41, 5.74) is 1.16. The number of nitrogens with zero attached hydrogens (tertiary/aromatic N) is 1. The molecule has 1 saturated carbocycles. The molecule has 4 aliphatic rings. The Hall–Kier alpha value is -2.16. The van der Waals surface area contributed by atoms with Crippen LogP contribution >= 0.6 is 0 Å². The number of amides is 2. The summed E-state index contributed by atoms with van der Waals surface area (Å²) in [5, 5.41) is 21.6. The van der Waals surface area contributed by atoms with E-state index in [0.29, 0.717) is 25.5 Å². The summed E-state index contributed by atoms with van der Waals surface area (Å²) in [6, 6.07) is 7.27. The highest BCUT2D eigenvalue weighted by atomic mass is 16.5. The van der Waals surface area contributed by atoms with Crippen molar-refractivity contribution in [1.29, 1.82) is 0 Å². The Kier molecular flexibility index (Phi) is 7.09. The minimum atomic E-state index is -1.48. The van der Waals surface area contributed by atoms with Crippen LogP contribution in [0.4, 0.5) is 0 Å². The number of carbonyl (C=O) groups is 2. The van der Waals surface area contributed by atoms with Gasteiger partial charge in [0.15, 0.2) is 12.7 Å². The van der Waals surface area contributed by atoms with Crippen molar-refractivity contribution in [2.45, 2.75) is 68.7 Å². The van der Waals surface area contributed by atoms with E-state index in [9.17, 15) is 14.7 Å². The first kappa shape index (κ1) is 22.0. The lowest BCUT2D eigenvalue weighted by molar-refractivity contribution is -0.143. The average molecular weight is 433 g/mol. The molecule has 1 aliphatic carbocycles. The summed E-state index contributed by atoms with van der Waals surface area (Å²) in [6.45, 7) is 0.191. The molecule has 0 radical (unpaired) electrons. The van der Waals surface area contributed by atoms with Crippen LogP contribution in [0, 0.1) is 0 Å². The zero-order chi connectivity index (χ0) is 21.8. The van der Waals surface area contributed by atoms with E-state index in [2.05, 4.69) is 11.4 Å². The molecule has 2 fully saturated rings. The summed E-state index contributed by atoms with van der Waals surface area (Å²) in [5.74, 6) is 0.400. The smallest absolute Gasteiger partial charge is 0.260 e. The molecule has 5 rings (SSSR count). The van der Waals surface area contributed by atoms with Crippen molar-refractivity contribution in [1.82, 2.24) is 10.2 Å². The fraction of sp³-hybridized carbons (Fsp3) is 0.652. The molecule has 1 aromatic rings. The highest BCUT2D eigenvalue weighted by Crippen LogP contribution is 2.38. The number of ether oxygens (including phenoxy) is 2. The van der Waals surface area contributed by atoms with Crippen LogP contribution in [-0.2, 0) is 14.3 Å². The molecular formula is C23H32N2O6. The van der Waals surface area contributed by atoms with Crippen molar-refractivity contribution in [3.05, 3.63) is 29.8 Å². The molecular weight excluding hydrogens is 400 g/mol. The number of carbonyl (C=O) groups excluding carboxylic acids is 2. The van der Waals surface area contributed by atoms with E-state index in [1.54, 1.807) is 4.90 Å². The first-order valence-electron chi connectivity index (χ1n) is 11.3. The summed E-state index contributed by atoms with van der Waals surface area (Å²) in [7, 11) is 0. The summed E-state index contributed by atoms with van der Waals surface area (Å²) < 4.78 is 12.2. The average Bonchev–Trinajstić information content (AvgIpc) is 2.82. The predicted octanol–water partition coefficient (Wildman–Crippen LogP) is 0.951. The van der Waals surface area contributed by atoms with Crippen LogP contribution in [0.25, 0.3) is 0 Å². The molecule has 8 nitrogen and oxygen atoms in total. The molecule has 2 amide bonds. The maximum Gasteiger partial charge on any atom is 0.260 e. The van der Waals surface area contributed by atoms with Crippen LogP contribution in [0.15, 0.2) is 24.3 Å². The number of hydrogen-bond acceptors (Lipinski definition) is 6. The SMILES string of the molecule is O=C(NC1CCCN2C(=O)COc3ccccc3C3CCC(CC3)OC[C@@H]12)C(O)CO. The minimum absolute atomic E-state index is 0.0659. The van der Waals surface area contributed by atoms with Crippen LogP contribution in [-0.4, -0.2) is 77.6 Å². The van der Waals surface area contributed by atoms with Crippen molar-refractivity contribution in [2.75, 3.05) is 26.4 Å². The van der Waals surface area contributed by atoms with Crippen molar-refractivity contribution >= 4 is 11.8 Å². The van der Waals surface area contributed by atoms with Gasteiger partial charge in [0.2, 0.25) is 0 Å². The third-order valence-corrected chi connectivity index (χ3v) is 6.79. The zero-order valence-corrected chi connectivity index (χ0v) is 17.7. The molecule has 170 valence electrons. The Bertz CT molecular complexity index is 779. The van der Waals surface area contributed by atoms with E-state index in [0.717, 1.165) is 43.4 Å². The minimum Gasteiger partial charge on any atom is -0.483 e. The van der Waals surface area contributed by atoms with Crippen molar-refractivity contribution in [2.24, 2.45) is 0 Å². The lowest BCUT2D eigenvalue weighted by atomic mass is 9.82. The Morgan fingerprint density at radius 2 is 1.97 bits per heavy atom. The molecule has 2 unspecified atom stereocenters. The van der Waals surface area contributed by atoms with Crippen LogP contribution in [0.2, 0.25) is 0 Å². The fourth-order valence-corrected chi connectivity index (χ4v) is 5.05. The number of fused-ring (bicyclic) bond motifs is 5. The maximum absolute atomic E-state index is 13.1. The molecule has 2 bridgehead atoms. The standard InChI is InChI=1S/C23H32N2O6/c26-12-20(27)23(29)24-18-5-3-11-25-19(18)13-30-16-9-7-15(8-10-16)17-4-1-2-6-21(17)31-14-22(25)28/h1-2,4,6,15-16,18-20,26-27H,3,5,7-14H2,(H,24,29)/t15?,16?,18?,19-,20?/m0/s1. The molecule has 3 aliphatic heterocycles. The van der Waals surface area contributed by atoms with Gasteiger partial charge in [-0.05, 0) is 56.1 Å². The maximum atomic E-state index is 13.1. The number of aliphatic hydroxyl groups excluding tert-OH is 2. The van der Waals surface area contributed by atoms with Crippen LogP contribution in [0.3, 0.4) is 0 Å². The lowest BCUT2D eigenvalue weighted by Gasteiger charge is -2.42. The van der Waals surface area contributed by atoms with Gasteiger partial charge in [0.25, 0.3) is 11.8 Å². The van der Waals surface area contributed by atoms with E-state index >= 15 is 0 Å². The molecule has 8 heteroatoms. The van der Waals surface area contributed by atoms with Gasteiger partial charge in [-0.15, -0.1) is 0 Å². The number of para-hydroxylation sites is 1. The molecule has 0 spiro atoms. The largest absolute Gasteiger partial charge is 0.483 e. The second-order valence-corrected chi connectivity index (χ2v) is 8.74. The van der Waals surface area contributed by atoms with Gasteiger partial charge in [-0.1, -0.05) is 18.2 Å². The second-order valence-electron chi connectivity index (χ2n) is 8.74. The Morgan fingerprint density at radius 1 is 1.19 bits per heavy atom. The first-order chi connectivity index (χ1) is 15.1. The number of piperidine rings is 1. The van der Waals surface area contributed by atoms with E-state index in [-0.39, 0.29) is 30.7 Å². The third kappa shape index (κ3) is 5.02. The Balaban J connectivity index is 1.56. The Labute approximate surface area is 182 Å². The molecule has 1 aromatic carbocycles. The summed E-state index contributed by atoms with van der Waals surface area (Å²) in [6.07, 6.45) is 3.97.